The van der Waals surface area contributed by atoms with Gasteiger partial charge in [-0.25, -0.2) is 0 Å². The summed E-state index contributed by atoms with van der Waals surface area (Å²) in [5.74, 6) is -0.130. The Morgan fingerprint density at radius 3 is 2.71 bits per heavy atom. The molecule has 4 heteroatoms. The van der Waals surface area contributed by atoms with Gasteiger partial charge in [-0.1, -0.05) is 42.5 Å². The maximum absolute atomic E-state index is 11.8. The fourth-order valence-corrected chi connectivity index (χ4v) is 2.34. The lowest BCUT2D eigenvalue weighted by molar-refractivity contribution is -0.116. The van der Waals surface area contributed by atoms with Gasteiger partial charge >= 0.3 is 0 Å². The van der Waals surface area contributed by atoms with E-state index in [0.29, 0.717) is 0 Å². The Balaban J connectivity index is 2.23. The van der Waals surface area contributed by atoms with Gasteiger partial charge in [0.25, 0.3) is 0 Å². The Kier molecular flexibility index (Phi) is 3.51. The number of aromatic nitrogens is 2. The average Bonchev–Trinajstić information content (AvgIpc) is 3.02. The number of H-pyrrole nitrogens is 1. The summed E-state index contributed by atoms with van der Waals surface area (Å²) in [6.45, 7) is 0. The third kappa shape index (κ3) is 2.56. The van der Waals surface area contributed by atoms with Crippen LogP contribution in [0.2, 0.25) is 0 Å². The molecule has 1 amide bonds. The number of rotatable bonds is 3. The minimum atomic E-state index is -0.130. The smallest absolute Gasteiger partial charge is 0.244 e. The first-order chi connectivity index (χ1) is 10.3. The summed E-state index contributed by atoms with van der Waals surface area (Å²) in [6.07, 6.45) is 3.41. The van der Waals surface area contributed by atoms with Gasteiger partial charge in [-0.15, -0.1) is 0 Å². The Bertz CT molecular complexity index is 803. The summed E-state index contributed by atoms with van der Waals surface area (Å²) in [5.41, 5.74) is 3.80. The molecule has 1 heterocycles. The Morgan fingerprint density at radius 1 is 1.14 bits per heavy atom. The minimum absolute atomic E-state index is 0.130. The first kappa shape index (κ1) is 13.1. The molecular formula is C17H15N3O. The van der Waals surface area contributed by atoms with Gasteiger partial charge in [0, 0.05) is 18.5 Å². The van der Waals surface area contributed by atoms with Crippen molar-refractivity contribution in [2.75, 3.05) is 7.05 Å². The lowest BCUT2D eigenvalue weighted by Gasteiger charge is -2.09. The number of fused-ring (bicyclic) bond motifs is 1. The van der Waals surface area contributed by atoms with Crippen LogP contribution < -0.4 is 5.32 Å². The Hall–Kier alpha value is -2.88. The van der Waals surface area contributed by atoms with Crippen LogP contribution in [0.15, 0.2) is 60.8 Å². The van der Waals surface area contributed by atoms with Crippen LogP contribution in [-0.2, 0) is 4.79 Å². The topological polar surface area (TPSA) is 57.8 Å². The van der Waals surface area contributed by atoms with E-state index in [4.69, 9.17) is 0 Å². The molecule has 4 nitrogen and oxygen atoms in total. The molecule has 0 unspecified atom stereocenters. The van der Waals surface area contributed by atoms with E-state index >= 15 is 0 Å². The predicted octanol–water partition coefficient (Wildman–Crippen LogP) is 2.74. The van der Waals surface area contributed by atoms with Gasteiger partial charge in [0.2, 0.25) is 5.91 Å². The molecule has 0 fully saturated rings. The van der Waals surface area contributed by atoms with Gasteiger partial charge < -0.3 is 5.32 Å². The van der Waals surface area contributed by atoms with Crippen molar-refractivity contribution in [1.29, 1.82) is 0 Å². The summed E-state index contributed by atoms with van der Waals surface area (Å²) in [5, 5.41) is 10.7. The molecule has 3 rings (SSSR count). The fraction of sp³-hybridized carbons (Fsp3) is 0.0588. The summed E-state index contributed by atoms with van der Waals surface area (Å²) in [4.78, 5) is 11.8. The number of carbonyl (C=O) groups is 1. The van der Waals surface area contributed by atoms with Crippen molar-refractivity contribution in [3.8, 4) is 0 Å². The van der Waals surface area contributed by atoms with E-state index in [1.807, 2.05) is 48.5 Å². The van der Waals surface area contributed by atoms with Gasteiger partial charge in [0.1, 0.15) is 0 Å². The molecule has 0 aliphatic carbocycles. The predicted molar refractivity (Wildman–Crippen MR) is 83.7 cm³/mol. The summed E-state index contributed by atoms with van der Waals surface area (Å²) in [6, 6.07) is 15.8. The lowest BCUT2D eigenvalue weighted by atomic mass is 9.95. The highest BCUT2D eigenvalue weighted by Crippen LogP contribution is 2.28. The van der Waals surface area contributed by atoms with Gasteiger partial charge in [-0.3, -0.25) is 9.89 Å². The van der Waals surface area contributed by atoms with Crippen LogP contribution in [0.5, 0.6) is 0 Å². The number of likely N-dealkylation sites (N-methyl/N-ethyl adjacent to an activating group) is 1. The lowest BCUT2D eigenvalue weighted by Crippen LogP contribution is -2.15. The average molecular weight is 277 g/mol. The van der Waals surface area contributed by atoms with Crippen LogP contribution in [0.1, 0.15) is 11.1 Å². The highest BCUT2D eigenvalue weighted by Gasteiger charge is 2.11. The zero-order chi connectivity index (χ0) is 14.7. The molecule has 0 atom stereocenters. The number of benzene rings is 2. The second-order valence-corrected chi connectivity index (χ2v) is 4.68. The molecule has 0 spiro atoms. The van der Waals surface area contributed by atoms with Crippen molar-refractivity contribution in [3.63, 3.8) is 0 Å². The third-order valence-electron chi connectivity index (χ3n) is 3.38. The number of hydrogen-bond donors (Lipinski definition) is 2. The van der Waals surface area contributed by atoms with Crippen LogP contribution in [0.25, 0.3) is 16.5 Å². The van der Waals surface area contributed by atoms with E-state index < -0.39 is 0 Å². The first-order valence-corrected chi connectivity index (χ1v) is 6.71. The van der Waals surface area contributed by atoms with E-state index in [0.717, 1.165) is 27.6 Å². The number of amides is 1. The summed E-state index contributed by atoms with van der Waals surface area (Å²) < 4.78 is 0. The van der Waals surface area contributed by atoms with Crippen molar-refractivity contribution in [2.24, 2.45) is 0 Å². The molecule has 0 aliphatic rings. The molecule has 2 aromatic carbocycles. The second-order valence-electron chi connectivity index (χ2n) is 4.68. The van der Waals surface area contributed by atoms with Gasteiger partial charge in [0.15, 0.2) is 0 Å². The van der Waals surface area contributed by atoms with Crippen molar-refractivity contribution >= 4 is 22.4 Å². The van der Waals surface area contributed by atoms with Crippen molar-refractivity contribution in [3.05, 3.63) is 71.9 Å². The van der Waals surface area contributed by atoms with E-state index in [2.05, 4.69) is 15.5 Å². The third-order valence-corrected chi connectivity index (χ3v) is 3.38. The molecule has 2 N–H and O–H groups in total. The molecule has 3 aromatic rings. The number of nitrogens with one attached hydrogen (secondary N) is 2. The van der Waals surface area contributed by atoms with Crippen molar-refractivity contribution in [1.82, 2.24) is 15.5 Å². The minimum Gasteiger partial charge on any atom is -0.356 e. The zero-order valence-corrected chi connectivity index (χ0v) is 11.6. The van der Waals surface area contributed by atoms with Crippen LogP contribution in [0, 0.1) is 0 Å². The largest absolute Gasteiger partial charge is 0.356 e. The number of carbonyl (C=O) groups excluding carboxylic acids is 1. The first-order valence-electron chi connectivity index (χ1n) is 6.71. The highest BCUT2D eigenvalue weighted by molar-refractivity contribution is 6.04. The normalized spacial score (nSPS) is 11.6. The molecule has 0 radical (unpaired) electrons. The molecule has 0 saturated heterocycles. The Morgan fingerprint density at radius 2 is 1.95 bits per heavy atom. The van der Waals surface area contributed by atoms with Crippen LogP contribution in [0.4, 0.5) is 0 Å². The second kappa shape index (κ2) is 5.63. The number of aromatic amines is 1. The SMILES string of the molecule is CNC(=O)C=C(c1ccccc1)c1cccc2[nH]ncc12. The van der Waals surface area contributed by atoms with E-state index in [-0.39, 0.29) is 5.91 Å². The zero-order valence-electron chi connectivity index (χ0n) is 11.6. The molecule has 1 aromatic heterocycles. The van der Waals surface area contributed by atoms with Gasteiger partial charge in [-0.2, -0.15) is 5.10 Å². The molecule has 0 aliphatic heterocycles. The maximum atomic E-state index is 11.8. The monoisotopic (exact) mass is 277 g/mol. The fourth-order valence-electron chi connectivity index (χ4n) is 2.34. The van der Waals surface area contributed by atoms with Crippen molar-refractivity contribution < 1.29 is 4.79 Å². The molecule has 0 bridgehead atoms. The maximum Gasteiger partial charge on any atom is 0.244 e. The summed E-state index contributed by atoms with van der Waals surface area (Å²) >= 11 is 0. The molecule has 104 valence electrons. The van der Waals surface area contributed by atoms with Crippen LogP contribution >= 0.6 is 0 Å². The highest BCUT2D eigenvalue weighted by atomic mass is 16.1. The van der Waals surface area contributed by atoms with Crippen molar-refractivity contribution in [2.45, 2.75) is 0 Å². The van der Waals surface area contributed by atoms with E-state index in [1.165, 1.54) is 0 Å². The van der Waals surface area contributed by atoms with E-state index in [1.54, 1.807) is 19.3 Å². The molecular weight excluding hydrogens is 262 g/mol. The molecule has 21 heavy (non-hydrogen) atoms. The van der Waals surface area contributed by atoms with Crippen LogP contribution in [0.3, 0.4) is 0 Å². The van der Waals surface area contributed by atoms with Gasteiger partial charge in [0.05, 0.1) is 11.7 Å². The molecule has 0 saturated carbocycles. The van der Waals surface area contributed by atoms with E-state index in [9.17, 15) is 4.79 Å². The van der Waals surface area contributed by atoms with Gasteiger partial charge in [-0.05, 0) is 22.8 Å². The quantitative estimate of drug-likeness (QED) is 0.723. The standard InChI is InChI=1S/C17H15N3O/c1-18-17(21)10-14(12-6-3-2-4-7-12)13-8-5-9-16-15(13)11-19-20-16/h2-11H,1H3,(H,18,21)(H,19,20). The number of nitrogens with zero attached hydrogens (tertiary/aromatic N) is 1. The number of hydrogen-bond acceptors (Lipinski definition) is 2. The summed E-state index contributed by atoms with van der Waals surface area (Å²) in [7, 11) is 1.62. The Labute approximate surface area is 122 Å². The van der Waals surface area contributed by atoms with Crippen LogP contribution in [-0.4, -0.2) is 23.2 Å².